The van der Waals surface area contributed by atoms with Crippen LogP contribution in [0.25, 0.3) is 16.8 Å². The fraction of sp³-hybridized carbons (Fsp3) is 0.250. The quantitative estimate of drug-likeness (QED) is 0.315. The molecule has 3 aromatic rings. The van der Waals surface area contributed by atoms with Gasteiger partial charge in [-0.25, -0.2) is 0 Å². The zero-order valence-corrected chi connectivity index (χ0v) is 20.1. The molecule has 3 unspecified atom stereocenters. The van der Waals surface area contributed by atoms with Crippen LogP contribution >= 0.6 is 11.6 Å². The lowest BCUT2D eigenvalue weighted by molar-refractivity contribution is -0.149. The van der Waals surface area contributed by atoms with Crippen molar-refractivity contribution in [1.82, 2.24) is 5.32 Å². The first-order chi connectivity index (χ1) is 16.7. The van der Waals surface area contributed by atoms with Gasteiger partial charge < -0.3 is 15.5 Å². The van der Waals surface area contributed by atoms with Crippen LogP contribution in [0.3, 0.4) is 0 Å². The SMILES string of the molecule is CC(NC(=O)CC(CC(=O)O)C(=O)O)C(C/C=C/c1ccc2ccccc2c1)c1ccc(Cl)cc1. The molecule has 1 amide bonds. The number of carboxylic acid groups (broad SMARTS) is 2. The fourth-order valence-corrected chi connectivity index (χ4v) is 4.22. The smallest absolute Gasteiger partial charge is 0.307 e. The Morgan fingerprint density at radius 3 is 2.29 bits per heavy atom. The van der Waals surface area contributed by atoms with Crippen molar-refractivity contribution in [2.45, 2.75) is 38.1 Å². The molecule has 0 aliphatic heterocycles. The van der Waals surface area contributed by atoms with Crippen molar-refractivity contribution in [2.75, 3.05) is 0 Å². The summed E-state index contributed by atoms with van der Waals surface area (Å²) in [7, 11) is 0. The van der Waals surface area contributed by atoms with E-state index in [1.807, 2.05) is 37.3 Å². The second kappa shape index (κ2) is 12.2. The van der Waals surface area contributed by atoms with E-state index >= 15 is 0 Å². The van der Waals surface area contributed by atoms with Gasteiger partial charge in [-0.2, -0.15) is 0 Å². The fourth-order valence-electron chi connectivity index (χ4n) is 4.10. The highest BCUT2D eigenvalue weighted by molar-refractivity contribution is 6.30. The molecule has 3 aromatic carbocycles. The van der Waals surface area contributed by atoms with E-state index in [1.165, 1.54) is 5.39 Å². The molecular weight excluding hydrogens is 466 g/mol. The van der Waals surface area contributed by atoms with Gasteiger partial charge in [0.25, 0.3) is 0 Å². The van der Waals surface area contributed by atoms with E-state index in [4.69, 9.17) is 16.7 Å². The molecule has 6 nitrogen and oxygen atoms in total. The van der Waals surface area contributed by atoms with Crippen LogP contribution < -0.4 is 5.32 Å². The van der Waals surface area contributed by atoms with E-state index in [0.29, 0.717) is 11.4 Å². The van der Waals surface area contributed by atoms with Gasteiger partial charge in [0.15, 0.2) is 0 Å². The molecule has 0 aliphatic rings. The molecule has 0 fully saturated rings. The lowest BCUT2D eigenvalue weighted by Crippen LogP contribution is -2.38. The molecule has 0 heterocycles. The molecule has 0 saturated carbocycles. The molecule has 182 valence electrons. The van der Waals surface area contributed by atoms with Crippen molar-refractivity contribution in [3.63, 3.8) is 0 Å². The summed E-state index contributed by atoms with van der Waals surface area (Å²) in [5, 5.41) is 24.0. The van der Waals surface area contributed by atoms with Crippen LogP contribution in [-0.4, -0.2) is 34.1 Å². The van der Waals surface area contributed by atoms with Crippen molar-refractivity contribution in [3.05, 3.63) is 89.0 Å². The summed E-state index contributed by atoms with van der Waals surface area (Å²) >= 11 is 6.05. The first-order valence-corrected chi connectivity index (χ1v) is 11.8. The molecular formula is C28H28ClNO5. The molecule has 35 heavy (non-hydrogen) atoms. The number of allylic oxidation sites excluding steroid dienone is 1. The average Bonchev–Trinajstić information content (AvgIpc) is 2.81. The number of carboxylic acids is 2. The van der Waals surface area contributed by atoms with E-state index in [1.54, 1.807) is 12.1 Å². The zero-order valence-electron chi connectivity index (χ0n) is 19.4. The van der Waals surface area contributed by atoms with Crippen LogP contribution in [0.15, 0.2) is 72.8 Å². The third-order valence-corrected chi connectivity index (χ3v) is 6.22. The van der Waals surface area contributed by atoms with Crippen LogP contribution in [0.4, 0.5) is 0 Å². The lowest BCUT2D eigenvalue weighted by Gasteiger charge is -2.25. The van der Waals surface area contributed by atoms with Gasteiger partial charge in [-0.3, -0.25) is 14.4 Å². The highest BCUT2D eigenvalue weighted by Gasteiger charge is 2.26. The highest BCUT2D eigenvalue weighted by atomic mass is 35.5. The van der Waals surface area contributed by atoms with E-state index < -0.39 is 36.6 Å². The number of amides is 1. The summed E-state index contributed by atoms with van der Waals surface area (Å²) in [6.45, 7) is 1.86. The van der Waals surface area contributed by atoms with Crippen LogP contribution in [0.5, 0.6) is 0 Å². The predicted molar refractivity (Wildman–Crippen MR) is 137 cm³/mol. The minimum absolute atomic E-state index is 0.101. The summed E-state index contributed by atoms with van der Waals surface area (Å²) in [4.78, 5) is 34.8. The average molecular weight is 494 g/mol. The Labute approximate surface area is 209 Å². The van der Waals surface area contributed by atoms with Gasteiger partial charge >= 0.3 is 11.9 Å². The van der Waals surface area contributed by atoms with Crippen molar-refractivity contribution < 1.29 is 24.6 Å². The monoisotopic (exact) mass is 493 g/mol. The maximum Gasteiger partial charge on any atom is 0.307 e. The molecule has 0 bridgehead atoms. The van der Waals surface area contributed by atoms with Crippen LogP contribution in [0, 0.1) is 5.92 Å². The largest absolute Gasteiger partial charge is 0.481 e. The molecule has 7 heteroatoms. The molecule has 0 spiro atoms. The van der Waals surface area contributed by atoms with Crippen LogP contribution in [0.1, 0.15) is 43.2 Å². The summed E-state index contributed by atoms with van der Waals surface area (Å²) in [5.41, 5.74) is 2.04. The van der Waals surface area contributed by atoms with Gasteiger partial charge in [0.2, 0.25) is 5.91 Å². The van der Waals surface area contributed by atoms with E-state index in [-0.39, 0.29) is 12.0 Å². The molecule has 3 rings (SSSR count). The van der Waals surface area contributed by atoms with Gasteiger partial charge in [0, 0.05) is 23.4 Å². The van der Waals surface area contributed by atoms with E-state index in [9.17, 15) is 19.5 Å². The molecule has 3 atom stereocenters. The number of carbonyl (C=O) groups excluding carboxylic acids is 1. The summed E-state index contributed by atoms with van der Waals surface area (Å²) in [6.07, 6.45) is 3.71. The number of hydrogen-bond donors (Lipinski definition) is 3. The molecule has 0 radical (unpaired) electrons. The Morgan fingerprint density at radius 1 is 0.943 bits per heavy atom. The Kier molecular flexibility index (Phi) is 9.04. The van der Waals surface area contributed by atoms with E-state index in [0.717, 1.165) is 16.5 Å². The second-order valence-corrected chi connectivity index (χ2v) is 9.03. The number of hydrogen-bond acceptors (Lipinski definition) is 3. The standard InChI is InChI=1S/C28H28ClNO5/c1-18(30-26(31)16-23(28(34)35)17-27(32)33)25(21-11-13-24(29)14-12-21)8-4-5-19-9-10-20-6-2-3-7-22(20)15-19/h2-7,9-15,18,23,25H,8,16-17H2,1H3,(H,30,31)(H,32,33)(H,34,35)/b5-4+. The number of aliphatic carboxylic acids is 2. The topological polar surface area (TPSA) is 104 Å². The van der Waals surface area contributed by atoms with Crippen LogP contribution in [-0.2, 0) is 14.4 Å². The number of rotatable bonds is 11. The van der Waals surface area contributed by atoms with Crippen molar-refractivity contribution in [3.8, 4) is 0 Å². The summed E-state index contributed by atoms with van der Waals surface area (Å²) in [5.74, 6) is -4.43. The lowest BCUT2D eigenvalue weighted by atomic mass is 9.88. The minimum Gasteiger partial charge on any atom is -0.481 e. The number of benzene rings is 3. The maximum atomic E-state index is 12.6. The number of nitrogens with one attached hydrogen (secondary N) is 1. The van der Waals surface area contributed by atoms with Crippen molar-refractivity contribution in [1.29, 1.82) is 0 Å². The van der Waals surface area contributed by atoms with Gasteiger partial charge in [0.05, 0.1) is 12.3 Å². The first-order valence-electron chi connectivity index (χ1n) is 11.4. The first kappa shape index (κ1) is 26.0. The maximum absolute atomic E-state index is 12.6. The van der Waals surface area contributed by atoms with Gasteiger partial charge in [-0.15, -0.1) is 0 Å². The Bertz CT molecular complexity index is 1220. The zero-order chi connectivity index (χ0) is 25.4. The summed E-state index contributed by atoms with van der Waals surface area (Å²) < 4.78 is 0. The Balaban J connectivity index is 1.74. The van der Waals surface area contributed by atoms with Crippen molar-refractivity contribution >= 4 is 46.3 Å². The van der Waals surface area contributed by atoms with Gasteiger partial charge in [0.1, 0.15) is 0 Å². The number of carbonyl (C=O) groups is 3. The van der Waals surface area contributed by atoms with Gasteiger partial charge in [-0.05, 0) is 53.4 Å². The number of fused-ring (bicyclic) bond motifs is 1. The van der Waals surface area contributed by atoms with Crippen molar-refractivity contribution in [2.24, 2.45) is 5.92 Å². The predicted octanol–water partition coefficient (Wildman–Crippen LogP) is 5.75. The Morgan fingerprint density at radius 2 is 1.63 bits per heavy atom. The third kappa shape index (κ3) is 7.69. The van der Waals surface area contributed by atoms with E-state index in [2.05, 4.69) is 41.7 Å². The third-order valence-electron chi connectivity index (χ3n) is 5.97. The summed E-state index contributed by atoms with van der Waals surface area (Å²) in [6, 6.07) is 21.4. The molecule has 0 saturated heterocycles. The van der Waals surface area contributed by atoms with Gasteiger partial charge in [-0.1, -0.05) is 72.3 Å². The minimum atomic E-state index is -1.30. The highest BCUT2D eigenvalue weighted by Crippen LogP contribution is 2.27. The van der Waals surface area contributed by atoms with Crippen LogP contribution in [0.2, 0.25) is 5.02 Å². The normalized spacial score (nSPS) is 13.9. The molecule has 0 aromatic heterocycles. The number of halogens is 1. The Hall–Kier alpha value is -3.64. The molecule has 3 N–H and O–H groups in total. The second-order valence-electron chi connectivity index (χ2n) is 8.60. The molecule has 0 aliphatic carbocycles.